The van der Waals surface area contributed by atoms with E-state index in [1.165, 1.54) is 7.11 Å². The third-order valence-electron chi connectivity index (χ3n) is 12.5. The molecule has 1 fully saturated rings. The third-order valence-corrected chi connectivity index (χ3v) is 12.5. The Morgan fingerprint density at radius 3 is 2.43 bits per heavy atom. The van der Waals surface area contributed by atoms with Crippen LogP contribution < -0.4 is 14.2 Å². The fraction of sp³-hybridized carbons (Fsp3) is 0.420. The van der Waals surface area contributed by atoms with E-state index in [1.54, 1.807) is 31.4 Å². The van der Waals surface area contributed by atoms with Gasteiger partial charge in [-0.1, -0.05) is 67.4 Å². The molecule has 4 aromatic rings. The molecule has 0 radical (unpaired) electrons. The van der Waals surface area contributed by atoms with Crippen molar-refractivity contribution in [3.05, 3.63) is 120 Å². The maximum absolute atomic E-state index is 15.1. The SMILES string of the molecule is C=CCO[C@@]12Oc3ccc(Oc4ccc(OC)c(C=O)c4)cc3[C@H]3[C@H](CCCCO)[C@@H](CCCCO)C=C(C(=NOC)C[C@@H]1N(CCC)C(=O)c1ccc4ccccc4c1)[C@H]32. The second-order valence-electron chi connectivity index (χ2n) is 16.1. The number of unbranched alkanes of at least 4 members (excludes halogenated alkanes) is 2. The number of amides is 1. The largest absolute Gasteiger partial charge is 0.496 e. The summed E-state index contributed by atoms with van der Waals surface area (Å²) >= 11 is 0. The highest BCUT2D eigenvalue weighted by atomic mass is 16.7. The molecule has 7 rings (SSSR count). The van der Waals surface area contributed by atoms with Crippen LogP contribution in [-0.2, 0) is 9.57 Å². The smallest absolute Gasteiger partial charge is 0.254 e. The van der Waals surface area contributed by atoms with Crippen molar-refractivity contribution < 1.29 is 43.6 Å². The zero-order valence-electron chi connectivity index (χ0n) is 35.5. The van der Waals surface area contributed by atoms with Crippen LogP contribution in [0.2, 0.25) is 0 Å². The van der Waals surface area contributed by atoms with Crippen molar-refractivity contribution in [1.29, 1.82) is 0 Å². The Morgan fingerprint density at radius 1 is 0.951 bits per heavy atom. The number of carbonyl (C=O) groups excluding carboxylic acids is 2. The lowest BCUT2D eigenvalue weighted by Gasteiger charge is -2.60. The van der Waals surface area contributed by atoms with Gasteiger partial charge in [0.2, 0.25) is 5.79 Å². The van der Waals surface area contributed by atoms with E-state index >= 15 is 4.79 Å². The zero-order chi connectivity index (χ0) is 42.9. The first kappa shape index (κ1) is 43.6. The fourth-order valence-corrected chi connectivity index (χ4v) is 9.95. The van der Waals surface area contributed by atoms with E-state index < -0.39 is 17.7 Å². The number of benzene rings is 4. The molecule has 61 heavy (non-hydrogen) atoms. The van der Waals surface area contributed by atoms with Crippen molar-refractivity contribution in [2.45, 2.75) is 76.0 Å². The predicted octanol–water partition coefficient (Wildman–Crippen LogP) is 9.27. The first-order chi connectivity index (χ1) is 29.8. The van der Waals surface area contributed by atoms with Crippen LogP contribution in [-0.4, -0.2) is 85.4 Å². The van der Waals surface area contributed by atoms with E-state index in [2.05, 4.69) is 19.6 Å². The van der Waals surface area contributed by atoms with Crippen LogP contribution in [0.4, 0.5) is 0 Å². The molecule has 0 saturated heterocycles. The molecule has 11 nitrogen and oxygen atoms in total. The highest BCUT2D eigenvalue weighted by molar-refractivity contribution is 6.04. The second kappa shape index (κ2) is 19.9. The Kier molecular flexibility index (Phi) is 14.2. The molecule has 322 valence electrons. The Balaban J connectivity index is 1.43. The summed E-state index contributed by atoms with van der Waals surface area (Å²) in [6.45, 7) is 6.89. The number of allylic oxidation sites excluding steroid dienone is 1. The Hall–Kier alpha value is -5.49. The quantitative estimate of drug-likeness (QED) is 0.0387. The molecule has 0 unspecified atom stereocenters. The molecule has 4 aromatic carbocycles. The predicted molar refractivity (Wildman–Crippen MR) is 236 cm³/mol. The average molecular weight is 831 g/mol. The summed E-state index contributed by atoms with van der Waals surface area (Å²) in [5, 5.41) is 26.6. The van der Waals surface area contributed by atoms with Gasteiger partial charge in [0.15, 0.2) is 6.29 Å². The minimum absolute atomic E-state index is 0.0459. The summed E-state index contributed by atoms with van der Waals surface area (Å²) in [4.78, 5) is 34.5. The lowest BCUT2D eigenvalue weighted by atomic mass is 9.55. The van der Waals surface area contributed by atoms with Gasteiger partial charge in [0.25, 0.3) is 5.91 Å². The van der Waals surface area contributed by atoms with Gasteiger partial charge in [0.05, 0.1) is 30.9 Å². The van der Waals surface area contributed by atoms with Crippen molar-refractivity contribution in [1.82, 2.24) is 4.90 Å². The number of aliphatic hydroxyl groups is 2. The number of aliphatic hydroxyl groups excluding tert-OH is 2. The van der Waals surface area contributed by atoms with E-state index in [0.717, 1.165) is 59.6 Å². The Bertz CT molecular complexity index is 2250. The normalized spacial score (nSPS) is 23.3. The third kappa shape index (κ3) is 8.82. The highest BCUT2D eigenvalue weighted by Gasteiger charge is 2.65. The van der Waals surface area contributed by atoms with E-state index in [-0.39, 0.29) is 43.5 Å². The molecule has 3 aliphatic rings. The lowest BCUT2D eigenvalue weighted by molar-refractivity contribution is -0.254. The van der Waals surface area contributed by atoms with Crippen LogP contribution in [0.1, 0.15) is 90.5 Å². The second-order valence-corrected chi connectivity index (χ2v) is 16.1. The van der Waals surface area contributed by atoms with E-state index in [4.69, 9.17) is 28.9 Å². The summed E-state index contributed by atoms with van der Waals surface area (Å²) < 4.78 is 26.3. The van der Waals surface area contributed by atoms with Crippen molar-refractivity contribution in [2.24, 2.45) is 22.9 Å². The number of rotatable bonds is 20. The van der Waals surface area contributed by atoms with Gasteiger partial charge >= 0.3 is 0 Å². The number of hydrogen-bond donors (Lipinski definition) is 2. The topological polar surface area (TPSA) is 136 Å². The van der Waals surface area contributed by atoms with Crippen molar-refractivity contribution >= 4 is 28.7 Å². The molecule has 0 bridgehead atoms. The highest BCUT2D eigenvalue weighted by Crippen LogP contribution is 2.62. The van der Waals surface area contributed by atoms with Gasteiger partial charge in [-0.25, -0.2) is 0 Å². The first-order valence-corrected chi connectivity index (χ1v) is 21.6. The van der Waals surface area contributed by atoms with Crippen molar-refractivity contribution in [3.8, 4) is 23.0 Å². The molecule has 0 spiro atoms. The Labute approximate surface area is 358 Å². The molecule has 1 heterocycles. The number of methoxy groups -OCH3 is 1. The molecule has 1 amide bonds. The van der Waals surface area contributed by atoms with Crippen LogP contribution in [0.15, 0.2) is 108 Å². The van der Waals surface area contributed by atoms with E-state index in [9.17, 15) is 15.0 Å². The van der Waals surface area contributed by atoms with Crippen LogP contribution >= 0.6 is 0 Å². The van der Waals surface area contributed by atoms with Gasteiger partial charge < -0.3 is 38.9 Å². The molecule has 1 aliphatic heterocycles. The number of oxime groups is 1. The molecule has 11 heteroatoms. The van der Waals surface area contributed by atoms with Crippen molar-refractivity contribution in [2.75, 3.05) is 40.6 Å². The van der Waals surface area contributed by atoms with Crippen molar-refractivity contribution in [3.63, 3.8) is 0 Å². The average Bonchev–Trinajstić information content (AvgIpc) is 3.28. The molecule has 1 saturated carbocycles. The zero-order valence-corrected chi connectivity index (χ0v) is 35.5. The Morgan fingerprint density at radius 2 is 1.70 bits per heavy atom. The molecule has 0 aromatic heterocycles. The summed E-state index contributed by atoms with van der Waals surface area (Å²) in [5.74, 6) is 0.0386. The summed E-state index contributed by atoms with van der Waals surface area (Å²) in [6.07, 6.45) is 10.4. The van der Waals surface area contributed by atoms with Crippen LogP contribution in [0, 0.1) is 17.8 Å². The molecule has 2 aliphatic carbocycles. The van der Waals surface area contributed by atoms with Gasteiger partial charge in [-0.05, 0) is 109 Å². The number of ether oxygens (including phenoxy) is 4. The van der Waals surface area contributed by atoms with Gasteiger partial charge in [-0.3, -0.25) is 9.59 Å². The lowest BCUT2D eigenvalue weighted by Crippen LogP contribution is -2.70. The minimum Gasteiger partial charge on any atom is -0.496 e. The van der Waals surface area contributed by atoms with Gasteiger partial charge in [-0.2, -0.15) is 0 Å². The van der Waals surface area contributed by atoms with Gasteiger partial charge in [-0.15, -0.1) is 6.58 Å². The van der Waals surface area contributed by atoms with Gasteiger partial charge in [0.1, 0.15) is 36.1 Å². The maximum Gasteiger partial charge on any atom is 0.254 e. The van der Waals surface area contributed by atoms with Gasteiger partial charge in [0, 0.05) is 43.2 Å². The van der Waals surface area contributed by atoms with E-state index in [1.807, 2.05) is 65.6 Å². The van der Waals surface area contributed by atoms with E-state index in [0.29, 0.717) is 66.4 Å². The maximum atomic E-state index is 15.1. The minimum atomic E-state index is -1.38. The summed E-state index contributed by atoms with van der Waals surface area (Å²) in [5.41, 5.74) is 3.55. The fourth-order valence-electron chi connectivity index (χ4n) is 9.95. The number of carbonyl (C=O) groups is 2. The number of aldehydes is 1. The van der Waals surface area contributed by atoms with Crippen LogP contribution in [0.3, 0.4) is 0 Å². The molecule has 2 N–H and O–H groups in total. The first-order valence-electron chi connectivity index (χ1n) is 21.6. The molecule has 6 atom stereocenters. The number of nitrogens with zero attached hydrogens (tertiary/aromatic N) is 2. The van der Waals surface area contributed by atoms with Crippen LogP contribution in [0.5, 0.6) is 23.0 Å². The number of fused-ring (bicyclic) bond motifs is 3. The standard InChI is InChI=1S/C50H58N2O9/c1-5-23-52(49(56)36-18-17-33-13-7-8-14-34(33)27-36)46-31-43(51-58-4)41-29-35(15-9-11-24-53)40(16-10-12-25-54)47-42-30-39(60-38-19-21-44(57-3)37(28-38)32-55)20-22-45(42)61-50(46,48(41)47)59-26-6-2/h6-8,13-14,17-22,27-30,32,35,40,46-48,53-54H,2,5,9-12,15-16,23-26,31H2,1,3-4H3/t35-,40+,46-,47+,48+,50+/m0/s1. The summed E-state index contributed by atoms with van der Waals surface area (Å²) in [7, 11) is 3.07. The van der Waals surface area contributed by atoms with Crippen LogP contribution in [0.25, 0.3) is 10.8 Å². The molecular weight excluding hydrogens is 773 g/mol. The molecular formula is C50H58N2O9. The monoisotopic (exact) mass is 830 g/mol. The number of hydrogen-bond acceptors (Lipinski definition) is 10. The summed E-state index contributed by atoms with van der Waals surface area (Å²) in [6, 6.07) is 24.1.